The number of rotatable bonds is 6. The second kappa shape index (κ2) is 8.13. The summed E-state index contributed by atoms with van der Waals surface area (Å²) in [5.41, 5.74) is -0.0704. The number of carbonyl (C=O) groups excluding carboxylic acids is 2. The molecule has 0 aliphatic heterocycles. The lowest BCUT2D eigenvalue weighted by Gasteiger charge is -2.17. The predicted octanol–water partition coefficient (Wildman–Crippen LogP) is 2.20. The number of amides is 1. The summed E-state index contributed by atoms with van der Waals surface area (Å²) >= 11 is 0. The zero-order valence-electron chi connectivity index (χ0n) is 14.9. The van der Waals surface area contributed by atoms with E-state index in [2.05, 4.69) is 5.10 Å². The van der Waals surface area contributed by atoms with Gasteiger partial charge in [0.25, 0.3) is 0 Å². The maximum absolute atomic E-state index is 12.9. The molecule has 1 aromatic heterocycles. The maximum atomic E-state index is 12.9. The van der Waals surface area contributed by atoms with Gasteiger partial charge in [-0.2, -0.15) is 9.78 Å². The second-order valence-electron chi connectivity index (χ2n) is 5.27. The second-order valence-corrected chi connectivity index (χ2v) is 7.14. The smallest absolute Gasteiger partial charge is 0.344 e. The molecule has 0 fully saturated rings. The van der Waals surface area contributed by atoms with Gasteiger partial charge in [-0.05, 0) is 39.0 Å². The molecular formula is C17H21N3O5S. The summed E-state index contributed by atoms with van der Waals surface area (Å²) in [5, 5.41) is 3.60. The van der Waals surface area contributed by atoms with Crippen molar-refractivity contribution < 1.29 is 22.7 Å². The number of benzene rings is 1. The molecule has 0 saturated carbocycles. The van der Waals surface area contributed by atoms with Crippen molar-refractivity contribution in [2.24, 2.45) is 0 Å². The predicted molar refractivity (Wildman–Crippen MR) is 93.8 cm³/mol. The molecule has 2 rings (SSSR count). The molecular weight excluding hydrogens is 358 g/mol. The van der Waals surface area contributed by atoms with Crippen LogP contribution in [0.3, 0.4) is 0 Å². The van der Waals surface area contributed by atoms with Crippen LogP contribution in [0.2, 0.25) is 0 Å². The molecule has 26 heavy (non-hydrogen) atoms. The Bertz CT molecular complexity index is 901. The third-order valence-electron chi connectivity index (χ3n) is 3.74. The van der Waals surface area contributed by atoms with E-state index in [0.717, 1.165) is 4.68 Å². The Morgan fingerprint density at radius 3 is 2.38 bits per heavy atom. The van der Waals surface area contributed by atoms with Crippen molar-refractivity contribution >= 4 is 21.8 Å². The van der Waals surface area contributed by atoms with Crippen LogP contribution in [0.1, 0.15) is 31.1 Å². The first-order chi connectivity index (χ1) is 12.4. The number of ether oxygens (including phenoxy) is 1. The van der Waals surface area contributed by atoms with Gasteiger partial charge in [-0.25, -0.2) is 18.0 Å². The first-order valence-corrected chi connectivity index (χ1v) is 9.71. The maximum Gasteiger partial charge on any atom is 0.344 e. The summed E-state index contributed by atoms with van der Waals surface area (Å²) in [6, 6.07) is 6.56. The highest BCUT2D eigenvalue weighted by atomic mass is 32.2. The third-order valence-corrected chi connectivity index (χ3v) is 5.45. The minimum Gasteiger partial charge on any atom is -0.462 e. The van der Waals surface area contributed by atoms with E-state index in [9.17, 15) is 18.0 Å². The highest BCUT2D eigenvalue weighted by Gasteiger charge is 2.28. The van der Waals surface area contributed by atoms with Gasteiger partial charge in [-0.15, -0.1) is 0 Å². The third kappa shape index (κ3) is 3.77. The number of hydrogen-bond donors (Lipinski definition) is 0. The Labute approximate surface area is 152 Å². The average Bonchev–Trinajstić information content (AvgIpc) is 3.14. The van der Waals surface area contributed by atoms with Crippen LogP contribution in [0.15, 0.2) is 46.5 Å². The van der Waals surface area contributed by atoms with Crippen LogP contribution in [-0.2, 0) is 14.6 Å². The zero-order valence-corrected chi connectivity index (χ0v) is 15.7. The molecule has 8 nitrogen and oxygen atoms in total. The monoisotopic (exact) mass is 379 g/mol. The molecule has 2 aromatic rings. The van der Waals surface area contributed by atoms with Crippen LogP contribution in [0.4, 0.5) is 4.79 Å². The molecule has 0 aliphatic carbocycles. The van der Waals surface area contributed by atoms with Crippen molar-refractivity contribution in [3.05, 3.63) is 42.1 Å². The molecule has 9 heteroatoms. The zero-order chi connectivity index (χ0) is 19.3. The summed E-state index contributed by atoms with van der Waals surface area (Å²) in [7, 11) is -4.09. The fourth-order valence-corrected chi connectivity index (χ4v) is 3.75. The minimum absolute atomic E-state index is 0.0704. The normalized spacial score (nSPS) is 11.2. The van der Waals surface area contributed by atoms with E-state index in [1.807, 2.05) is 13.8 Å². The molecule has 1 aromatic carbocycles. The van der Waals surface area contributed by atoms with Crippen LogP contribution in [0.25, 0.3) is 0 Å². The van der Waals surface area contributed by atoms with Gasteiger partial charge in [0.1, 0.15) is 0 Å². The van der Waals surface area contributed by atoms with Crippen LogP contribution in [0.5, 0.6) is 0 Å². The number of sulfone groups is 1. The van der Waals surface area contributed by atoms with E-state index in [0.29, 0.717) is 13.1 Å². The highest BCUT2D eigenvalue weighted by molar-refractivity contribution is 7.91. The van der Waals surface area contributed by atoms with Gasteiger partial charge in [0.15, 0.2) is 5.03 Å². The average molecular weight is 379 g/mol. The Morgan fingerprint density at radius 1 is 1.12 bits per heavy atom. The van der Waals surface area contributed by atoms with Crippen molar-refractivity contribution in [3.63, 3.8) is 0 Å². The SMILES string of the molecule is CCOC(=O)c1ccccc1S(=O)(=O)c1ccn(C(=O)N(CC)CC)n1. The van der Waals surface area contributed by atoms with Gasteiger partial charge in [0, 0.05) is 19.3 Å². The molecule has 1 heterocycles. The number of hydrogen-bond acceptors (Lipinski definition) is 6. The summed E-state index contributed by atoms with van der Waals surface area (Å²) < 4.78 is 31.7. The fraction of sp³-hybridized carbons (Fsp3) is 0.353. The van der Waals surface area contributed by atoms with Crippen LogP contribution >= 0.6 is 0 Å². The van der Waals surface area contributed by atoms with E-state index in [1.54, 1.807) is 13.0 Å². The van der Waals surface area contributed by atoms with Gasteiger partial charge >= 0.3 is 12.0 Å². The summed E-state index contributed by atoms with van der Waals surface area (Å²) in [6.07, 6.45) is 1.29. The van der Waals surface area contributed by atoms with E-state index in [-0.39, 0.29) is 22.1 Å². The van der Waals surface area contributed by atoms with E-state index >= 15 is 0 Å². The topological polar surface area (TPSA) is 98.6 Å². The number of carbonyl (C=O) groups is 2. The van der Waals surface area contributed by atoms with Gasteiger partial charge in [0.05, 0.1) is 17.1 Å². The van der Waals surface area contributed by atoms with Gasteiger partial charge in [-0.1, -0.05) is 12.1 Å². The van der Waals surface area contributed by atoms with Gasteiger partial charge < -0.3 is 9.64 Å². The van der Waals surface area contributed by atoms with Crippen molar-refractivity contribution in [2.75, 3.05) is 19.7 Å². The Hall–Kier alpha value is -2.68. The van der Waals surface area contributed by atoms with Gasteiger partial charge in [-0.3, -0.25) is 0 Å². The highest BCUT2D eigenvalue weighted by Crippen LogP contribution is 2.23. The van der Waals surface area contributed by atoms with Crippen molar-refractivity contribution in [2.45, 2.75) is 30.7 Å². The number of aromatic nitrogens is 2. The summed E-state index contributed by atoms with van der Waals surface area (Å²) in [4.78, 5) is 25.7. The van der Waals surface area contributed by atoms with Crippen LogP contribution in [-0.4, -0.2) is 54.8 Å². The molecule has 0 atom stereocenters. The lowest BCUT2D eigenvalue weighted by Crippen LogP contribution is -2.34. The first-order valence-electron chi connectivity index (χ1n) is 8.22. The Kier molecular flexibility index (Phi) is 6.14. The fourth-order valence-electron chi connectivity index (χ4n) is 2.39. The molecule has 0 aliphatic rings. The van der Waals surface area contributed by atoms with E-state index in [4.69, 9.17) is 4.74 Å². The van der Waals surface area contributed by atoms with Crippen LogP contribution in [0, 0.1) is 0 Å². The lowest BCUT2D eigenvalue weighted by atomic mass is 10.2. The largest absolute Gasteiger partial charge is 0.462 e. The molecule has 0 radical (unpaired) electrons. The summed E-state index contributed by atoms with van der Waals surface area (Å²) in [5.74, 6) is -0.731. The van der Waals surface area contributed by atoms with Gasteiger partial charge in [0.2, 0.25) is 9.84 Å². The quantitative estimate of drug-likeness (QED) is 0.714. The lowest BCUT2D eigenvalue weighted by molar-refractivity contribution is 0.0522. The molecule has 140 valence electrons. The molecule has 1 amide bonds. The first kappa shape index (κ1) is 19.6. The number of nitrogens with zero attached hydrogens (tertiary/aromatic N) is 3. The van der Waals surface area contributed by atoms with E-state index < -0.39 is 21.8 Å². The van der Waals surface area contributed by atoms with Crippen molar-refractivity contribution in [1.29, 1.82) is 0 Å². The molecule has 0 unspecified atom stereocenters. The van der Waals surface area contributed by atoms with E-state index in [1.165, 1.54) is 35.4 Å². The van der Waals surface area contributed by atoms with Crippen LogP contribution < -0.4 is 0 Å². The van der Waals surface area contributed by atoms with Crippen molar-refractivity contribution in [3.8, 4) is 0 Å². The Morgan fingerprint density at radius 2 is 1.77 bits per heavy atom. The molecule has 0 N–H and O–H groups in total. The minimum atomic E-state index is -4.09. The molecule has 0 spiro atoms. The van der Waals surface area contributed by atoms with Crippen molar-refractivity contribution in [1.82, 2.24) is 14.7 Å². The Balaban J connectivity index is 2.44. The number of esters is 1. The molecule has 0 bridgehead atoms. The molecule has 0 saturated heterocycles. The standard InChI is InChI=1S/C17H21N3O5S/c1-4-19(5-2)17(22)20-12-11-15(18-20)26(23,24)14-10-8-7-9-13(14)16(21)25-6-3/h7-12H,4-6H2,1-3H3. The summed E-state index contributed by atoms with van der Waals surface area (Å²) in [6.45, 7) is 6.35.